The van der Waals surface area contributed by atoms with Crippen LogP contribution in [0, 0.1) is 17.5 Å². The number of benzene rings is 2. The van der Waals surface area contributed by atoms with E-state index in [0.717, 1.165) is 0 Å². The Hall–Kier alpha value is -2.55. The van der Waals surface area contributed by atoms with Gasteiger partial charge in [0.1, 0.15) is 4.90 Å². The predicted molar refractivity (Wildman–Crippen MR) is 72.1 cm³/mol. The number of amides is 1. The number of nitrogens with two attached hydrogens (primary N) is 1. The molecule has 0 heterocycles. The summed E-state index contributed by atoms with van der Waals surface area (Å²) in [6, 6.07) is 6.05. The summed E-state index contributed by atoms with van der Waals surface area (Å²) in [6.07, 6.45) is 0. The third-order valence-corrected chi connectivity index (χ3v) is 4.11. The molecular formula is C13H9F3N2O3S. The van der Waals surface area contributed by atoms with E-state index in [-0.39, 0.29) is 11.3 Å². The van der Waals surface area contributed by atoms with Crippen LogP contribution < -0.4 is 10.5 Å². The first kappa shape index (κ1) is 15.8. The molecule has 0 saturated heterocycles. The number of primary amides is 1. The maximum absolute atomic E-state index is 13.5. The number of nitrogens with one attached hydrogen (secondary N) is 1. The lowest BCUT2D eigenvalue weighted by molar-refractivity contribution is 0.100. The average molecular weight is 330 g/mol. The fourth-order valence-electron chi connectivity index (χ4n) is 1.63. The van der Waals surface area contributed by atoms with Crippen LogP contribution in [0.25, 0.3) is 0 Å². The van der Waals surface area contributed by atoms with Gasteiger partial charge in [0.05, 0.1) is 0 Å². The van der Waals surface area contributed by atoms with Crippen LogP contribution in [0.4, 0.5) is 18.9 Å². The van der Waals surface area contributed by atoms with E-state index < -0.39 is 38.3 Å². The standard InChI is InChI=1S/C13H9F3N2O3S/c14-9-5-6-10(12(16)11(9)15)22(20,21)18-8-3-1-7(2-4-8)13(17)19/h1-6,18H,(H2,17,19). The molecule has 0 aliphatic heterocycles. The summed E-state index contributed by atoms with van der Waals surface area (Å²) in [5.41, 5.74) is 5.16. The molecule has 0 unspecified atom stereocenters. The maximum Gasteiger partial charge on any atom is 0.264 e. The number of hydrogen-bond acceptors (Lipinski definition) is 3. The van der Waals surface area contributed by atoms with Crippen LogP contribution in [0.15, 0.2) is 41.3 Å². The first-order valence-corrected chi connectivity index (χ1v) is 7.27. The van der Waals surface area contributed by atoms with Gasteiger partial charge < -0.3 is 5.73 Å². The Balaban J connectivity index is 2.36. The summed E-state index contributed by atoms with van der Waals surface area (Å²) in [7, 11) is -4.46. The van der Waals surface area contributed by atoms with Crippen molar-refractivity contribution in [2.75, 3.05) is 4.72 Å². The van der Waals surface area contributed by atoms with Crippen LogP contribution in [-0.4, -0.2) is 14.3 Å². The number of rotatable bonds is 4. The molecular weight excluding hydrogens is 321 g/mol. The van der Waals surface area contributed by atoms with Crippen molar-refractivity contribution >= 4 is 21.6 Å². The van der Waals surface area contributed by atoms with Gasteiger partial charge in [-0.1, -0.05) is 0 Å². The zero-order valence-corrected chi connectivity index (χ0v) is 11.6. The maximum atomic E-state index is 13.5. The second kappa shape index (κ2) is 5.68. The lowest BCUT2D eigenvalue weighted by Gasteiger charge is -2.09. The molecule has 22 heavy (non-hydrogen) atoms. The smallest absolute Gasteiger partial charge is 0.264 e. The third kappa shape index (κ3) is 3.03. The normalized spacial score (nSPS) is 11.2. The van der Waals surface area contributed by atoms with Crippen LogP contribution >= 0.6 is 0 Å². The van der Waals surface area contributed by atoms with E-state index in [1.54, 1.807) is 0 Å². The molecule has 116 valence electrons. The largest absolute Gasteiger partial charge is 0.366 e. The van der Waals surface area contributed by atoms with Gasteiger partial charge in [0.25, 0.3) is 10.0 Å². The Kier molecular flexibility index (Phi) is 4.09. The molecule has 0 spiro atoms. The number of hydrogen-bond donors (Lipinski definition) is 2. The molecule has 0 atom stereocenters. The number of anilines is 1. The highest BCUT2D eigenvalue weighted by Gasteiger charge is 2.24. The number of sulfonamides is 1. The van der Waals surface area contributed by atoms with Crippen molar-refractivity contribution in [1.82, 2.24) is 0 Å². The van der Waals surface area contributed by atoms with Gasteiger partial charge in [0, 0.05) is 11.3 Å². The van der Waals surface area contributed by atoms with Gasteiger partial charge >= 0.3 is 0 Å². The molecule has 0 aliphatic carbocycles. The molecule has 1 amide bonds. The molecule has 0 aromatic heterocycles. The van der Waals surface area contributed by atoms with Crippen LogP contribution in [0.3, 0.4) is 0 Å². The van der Waals surface area contributed by atoms with E-state index >= 15 is 0 Å². The zero-order valence-electron chi connectivity index (χ0n) is 10.8. The third-order valence-electron chi connectivity index (χ3n) is 2.71. The molecule has 0 radical (unpaired) electrons. The summed E-state index contributed by atoms with van der Waals surface area (Å²) >= 11 is 0. The lowest BCUT2D eigenvalue weighted by atomic mass is 10.2. The minimum Gasteiger partial charge on any atom is -0.366 e. The Morgan fingerprint density at radius 1 is 0.955 bits per heavy atom. The monoisotopic (exact) mass is 330 g/mol. The van der Waals surface area contributed by atoms with E-state index in [1.165, 1.54) is 24.3 Å². The van der Waals surface area contributed by atoms with Crippen molar-refractivity contribution in [3.8, 4) is 0 Å². The van der Waals surface area contributed by atoms with E-state index in [9.17, 15) is 26.4 Å². The molecule has 0 saturated carbocycles. The molecule has 0 fully saturated rings. The number of carbonyl (C=O) groups excluding carboxylic acids is 1. The van der Waals surface area contributed by atoms with Crippen molar-refractivity contribution in [1.29, 1.82) is 0 Å². The molecule has 0 bridgehead atoms. The van der Waals surface area contributed by atoms with Gasteiger partial charge in [-0.15, -0.1) is 0 Å². The number of halogens is 3. The van der Waals surface area contributed by atoms with Crippen LogP contribution in [-0.2, 0) is 10.0 Å². The molecule has 5 nitrogen and oxygen atoms in total. The first-order chi connectivity index (χ1) is 10.2. The van der Waals surface area contributed by atoms with Gasteiger partial charge in [0.15, 0.2) is 17.5 Å². The van der Waals surface area contributed by atoms with E-state index in [1.807, 2.05) is 4.72 Å². The van der Waals surface area contributed by atoms with Gasteiger partial charge in [-0.3, -0.25) is 9.52 Å². The number of carbonyl (C=O) groups is 1. The molecule has 2 rings (SSSR count). The summed E-state index contributed by atoms with van der Waals surface area (Å²) in [5, 5.41) is 0. The Bertz CT molecular complexity index is 836. The topological polar surface area (TPSA) is 89.3 Å². The Morgan fingerprint density at radius 3 is 2.09 bits per heavy atom. The average Bonchev–Trinajstić information content (AvgIpc) is 2.44. The second-order valence-corrected chi connectivity index (χ2v) is 5.87. The first-order valence-electron chi connectivity index (χ1n) is 5.78. The van der Waals surface area contributed by atoms with Crippen molar-refractivity contribution in [2.45, 2.75) is 4.90 Å². The van der Waals surface area contributed by atoms with Crippen LogP contribution in [0.1, 0.15) is 10.4 Å². The molecule has 2 aromatic rings. The summed E-state index contributed by atoms with van der Waals surface area (Å²) in [4.78, 5) is 9.85. The van der Waals surface area contributed by atoms with Crippen LogP contribution in [0.5, 0.6) is 0 Å². The van der Waals surface area contributed by atoms with Crippen molar-refractivity contribution < 1.29 is 26.4 Å². The van der Waals surface area contributed by atoms with Gasteiger partial charge in [-0.05, 0) is 36.4 Å². The second-order valence-electron chi connectivity index (χ2n) is 4.22. The highest BCUT2D eigenvalue weighted by molar-refractivity contribution is 7.92. The fraction of sp³-hybridized carbons (Fsp3) is 0. The summed E-state index contributed by atoms with van der Waals surface area (Å²) < 4.78 is 65.4. The minimum atomic E-state index is -4.46. The van der Waals surface area contributed by atoms with Crippen molar-refractivity contribution in [2.24, 2.45) is 5.73 Å². The van der Waals surface area contributed by atoms with Gasteiger partial charge in [-0.25, -0.2) is 21.6 Å². The summed E-state index contributed by atoms with van der Waals surface area (Å²) in [6.45, 7) is 0. The van der Waals surface area contributed by atoms with Crippen LogP contribution in [0.2, 0.25) is 0 Å². The Labute approximate surface area is 123 Å². The Morgan fingerprint density at radius 2 is 1.55 bits per heavy atom. The van der Waals surface area contributed by atoms with Crippen molar-refractivity contribution in [3.05, 3.63) is 59.4 Å². The van der Waals surface area contributed by atoms with Crippen molar-refractivity contribution in [3.63, 3.8) is 0 Å². The van der Waals surface area contributed by atoms with Gasteiger partial charge in [-0.2, -0.15) is 0 Å². The van der Waals surface area contributed by atoms with E-state index in [4.69, 9.17) is 5.73 Å². The molecule has 2 aromatic carbocycles. The quantitative estimate of drug-likeness (QED) is 0.840. The SMILES string of the molecule is NC(=O)c1ccc(NS(=O)(=O)c2ccc(F)c(F)c2F)cc1. The lowest BCUT2D eigenvalue weighted by Crippen LogP contribution is -2.16. The summed E-state index contributed by atoms with van der Waals surface area (Å²) in [5.74, 6) is -5.91. The predicted octanol–water partition coefficient (Wildman–Crippen LogP) is 2.00. The van der Waals surface area contributed by atoms with E-state index in [2.05, 4.69) is 0 Å². The highest BCUT2D eigenvalue weighted by atomic mass is 32.2. The minimum absolute atomic E-state index is 0.00543. The molecule has 9 heteroatoms. The highest BCUT2D eigenvalue weighted by Crippen LogP contribution is 2.22. The fourth-order valence-corrected chi connectivity index (χ4v) is 2.76. The zero-order chi connectivity index (χ0) is 16.5. The van der Waals surface area contributed by atoms with E-state index in [0.29, 0.717) is 12.1 Å². The molecule has 0 aliphatic rings. The molecule has 3 N–H and O–H groups in total. The van der Waals surface area contributed by atoms with Gasteiger partial charge in [0.2, 0.25) is 5.91 Å².